The van der Waals surface area contributed by atoms with Gasteiger partial charge in [-0.15, -0.1) is 0 Å². The molecule has 1 heterocycles. The number of hydrogen-bond acceptors (Lipinski definition) is 4. The minimum atomic E-state index is -4.43. The van der Waals surface area contributed by atoms with Crippen LogP contribution in [0.3, 0.4) is 0 Å². The lowest BCUT2D eigenvalue weighted by molar-refractivity contribution is -0.137. The molecule has 1 aromatic heterocycles. The van der Waals surface area contributed by atoms with E-state index in [0.717, 1.165) is 12.1 Å². The number of alkyl halides is 3. The number of benzene rings is 2. The lowest BCUT2D eigenvalue weighted by atomic mass is 10.0. The zero-order valence-electron chi connectivity index (χ0n) is 16.1. The van der Waals surface area contributed by atoms with E-state index < -0.39 is 17.3 Å². The number of H-pyrrole nitrogens is 1. The molecule has 0 atom stereocenters. The van der Waals surface area contributed by atoms with Gasteiger partial charge in [0.05, 0.1) is 12.7 Å². The second kappa shape index (κ2) is 8.33. The second-order valence-corrected chi connectivity index (χ2v) is 6.53. The van der Waals surface area contributed by atoms with Gasteiger partial charge < -0.3 is 14.5 Å². The zero-order chi connectivity index (χ0) is 21.9. The first kappa shape index (κ1) is 21.0. The maximum atomic E-state index is 12.9. The van der Waals surface area contributed by atoms with E-state index >= 15 is 0 Å². The highest BCUT2D eigenvalue weighted by Gasteiger charge is 2.30. The van der Waals surface area contributed by atoms with Gasteiger partial charge in [-0.2, -0.15) is 18.4 Å². The van der Waals surface area contributed by atoms with E-state index in [9.17, 15) is 23.2 Å². The molecule has 8 heteroatoms. The third kappa shape index (κ3) is 4.46. The fourth-order valence-electron chi connectivity index (χ4n) is 2.98. The van der Waals surface area contributed by atoms with E-state index in [1.807, 2.05) is 6.07 Å². The maximum Gasteiger partial charge on any atom is 0.416 e. The molecule has 2 aromatic carbocycles. The maximum absolute atomic E-state index is 12.9. The van der Waals surface area contributed by atoms with Gasteiger partial charge in [0, 0.05) is 11.3 Å². The summed E-state index contributed by atoms with van der Waals surface area (Å²) in [5.41, 5.74) is 0.701. The molecule has 0 unspecified atom stereocenters. The Bertz CT molecular complexity index is 1180. The van der Waals surface area contributed by atoms with Crippen molar-refractivity contribution in [3.63, 3.8) is 0 Å². The summed E-state index contributed by atoms with van der Waals surface area (Å²) in [6.45, 7) is 1.61. The van der Waals surface area contributed by atoms with E-state index in [2.05, 4.69) is 4.98 Å². The van der Waals surface area contributed by atoms with E-state index in [1.54, 1.807) is 31.2 Å². The van der Waals surface area contributed by atoms with Crippen LogP contribution in [0.1, 0.15) is 22.4 Å². The number of hydrogen-bond donors (Lipinski definition) is 1. The Morgan fingerprint density at radius 1 is 1.10 bits per heavy atom. The van der Waals surface area contributed by atoms with Crippen molar-refractivity contribution in [3.05, 3.63) is 81.3 Å². The summed E-state index contributed by atoms with van der Waals surface area (Å²) in [6, 6.07) is 13.3. The molecule has 0 fully saturated rings. The van der Waals surface area contributed by atoms with Gasteiger partial charge in [-0.25, -0.2) is 0 Å². The Kier molecular flexibility index (Phi) is 5.83. The van der Waals surface area contributed by atoms with Gasteiger partial charge in [0.2, 0.25) is 0 Å². The Morgan fingerprint density at radius 2 is 1.87 bits per heavy atom. The fraction of sp³-hybridized carbons (Fsp3) is 0.182. The van der Waals surface area contributed by atoms with Gasteiger partial charge in [-0.1, -0.05) is 18.2 Å². The number of ether oxygens (including phenoxy) is 2. The molecule has 3 rings (SSSR count). The number of nitrogens with zero attached hydrogens (tertiary/aromatic N) is 1. The van der Waals surface area contributed by atoms with Gasteiger partial charge >= 0.3 is 6.18 Å². The Labute approximate surface area is 170 Å². The quantitative estimate of drug-likeness (QED) is 0.649. The SMILES string of the molecule is COc1cc(-c2cc(C)[nH]c(=O)c2C#N)ccc1OCc1cccc(C(F)(F)F)c1. The minimum absolute atomic E-state index is 0.0275. The van der Waals surface area contributed by atoms with Crippen molar-refractivity contribution in [2.45, 2.75) is 19.7 Å². The third-order valence-corrected chi connectivity index (χ3v) is 4.40. The van der Waals surface area contributed by atoms with Crippen LogP contribution in [0.5, 0.6) is 11.5 Å². The molecule has 5 nitrogen and oxygen atoms in total. The van der Waals surface area contributed by atoms with E-state index in [1.165, 1.54) is 19.2 Å². The van der Waals surface area contributed by atoms with E-state index in [4.69, 9.17) is 9.47 Å². The molecule has 0 aliphatic heterocycles. The second-order valence-electron chi connectivity index (χ2n) is 6.53. The van der Waals surface area contributed by atoms with Gasteiger partial charge in [0.15, 0.2) is 11.5 Å². The molecule has 30 heavy (non-hydrogen) atoms. The van der Waals surface area contributed by atoms with Crippen molar-refractivity contribution in [2.75, 3.05) is 7.11 Å². The molecule has 0 saturated heterocycles. The highest BCUT2D eigenvalue weighted by Crippen LogP contribution is 2.34. The Hall–Kier alpha value is -3.73. The normalized spacial score (nSPS) is 11.1. The van der Waals surface area contributed by atoms with Gasteiger partial charge in [0.1, 0.15) is 18.2 Å². The molecule has 0 saturated carbocycles. The molecule has 0 bridgehead atoms. The van der Waals surface area contributed by atoms with Crippen molar-refractivity contribution < 1.29 is 22.6 Å². The number of halogens is 3. The number of aromatic nitrogens is 1. The number of aryl methyl sites for hydroxylation is 1. The molecule has 154 valence electrons. The summed E-state index contributed by atoms with van der Waals surface area (Å²) in [7, 11) is 1.42. The third-order valence-electron chi connectivity index (χ3n) is 4.40. The summed E-state index contributed by atoms with van der Waals surface area (Å²) in [5, 5.41) is 9.32. The summed E-state index contributed by atoms with van der Waals surface area (Å²) in [4.78, 5) is 14.6. The summed E-state index contributed by atoms with van der Waals surface area (Å²) in [6.07, 6.45) is -4.43. The molecule has 0 spiro atoms. The highest BCUT2D eigenvalue weighted by molar-refractivity contribution is 5.72. The van der Waals surface area contributed by atoms with Crippen LogP contribution in [0.15, 0.2) is 53.3 Å². The monoisotopic (exact) mass is 414 g/mol. The average molecular weight is 414 g/mol. The number of aromatic amines is 1. The van der Waals surface area contributed by atoms with Crippen LogP contribution in [-0.4, -0.2) is 12.1 Å². The minimum Gasteiger partial charge on any atom is -0.493 e. The van der Waals surface area contributed by atoms with E-state index in [-0.39, 0.29) is 12.2 Å². The lowest BCUT2D eigenvalue weighted by Gasteiger charge is -2.14. The topological polar surface area (TPSA) is 75.1 Å². The number of nitriles is 1. The molecular weight excluding hydrogens is 397 g/mol. The van der Waals surface area contributed by atoms with Crippen molar-refractivity contribution in [2.24, 2.45) is 0 Å². The van der Waals surface area contributed by atoms with Crippen molar-refractivity contribution >= 4 is 0 Å². The van der Waals surface area contributed by atoms with Crippen LogP contribution in [0.4, 0.5) is 13.2 Å². The molecule has 1 N–H and O–H groups in total. The predicted molar refractivity (Wildman–Crippen MR) is 104 cm³/mol. The van der Waals surface area contributed by atoms with Gasteiger partial charge in [0.25, 0.3) is 5.56 Å². The van der Waals surface area contributed by atoms with Crippen LogP contribution in [-0.2, 0) is 12.8 Å². The number of nitrogens with one attached hydrogen (secondary N) is 1. The van der Waals surface area contributed by atoms with Gasteiger partial charge in [-0.3, -0.25) is 4.79 Å². The van der Waals surface area contributed by atoms with Crippen LogP contribution in [0.2, 0.25) is 0 Å². The fourth-order valence-corrected chi connectivity index (χ4v) is 2.98. The summed E-state index contributed by atoms with van der Waals surface area (Å²) >= 11 is 0. The standard InChI is InChI=1S/C22H17F3N2O3/c1-13-8-17(18(11-26)21(28)27-13)15-6-7-19(20(10-15)29-2)30-12-14-4-3-5-16(9-14)22(23,24)25/h3-10H,12H2,1-2H3,(H,27,28). The van der Waals surface area contributed by atoms with Crippen molar-refractivity contribution in [1.82, 2.24) is 4.98 Å². The first-order chi connectivity index (χ1) is 14.2. The summed E-state index contributed by atoms with van der Waals surface area (Å²) in [5.74, 6) is 0.639. The largest absolute Gasteiger partial charge is 0.493 e. The highest BCUT2D eigenvalue weighted by atomic mass is 19.4. The Morgan fingerprint density at radius 3 is 2.53 bits per heavy atom. The van der Waals surface area contributed by atoms with Crippen LogP contribution < -0.4 is 15.0 Å². The molecule has 0 aliphatic rings. The zero-order valence-corrected chi connectivity index (χ0v) is 16.1. The molecule has 3 aromatic rings. The van der Waals surface area contributed by atoms with Crippen LogP contribution >= 0.6 is 0 Å². The average Bonchev–Trinajstić information content (AvgIpc) is 2.71. The molecular formula is C22H17F3N2O3. The first-order valence-corrected chi connectivity index (χ1v) is 8.84. The Balaban J connectivity index is 1.90. The molecule has 0 radical (unpaired) electrons. The smallest absolute Gasteiger partial charge is 0.416 e. The van der Waals surface area contributed by atoms with Gasteiger partial charge in [-0.05, 0) is 48.4 Å². The van der Waals surface area contributed by atoms with Crippen molar-refractivity contribution in [1.29, 1.82) is 5.26 Å². The lowest BCUT2D eigenvalue weighted by Crippen LogP contribution is -2.12. The van der Waals surface area contributed by atoms with Crippen molar-refractivity contribution in [3.8, 4) is 28.7 Å². The number of methoxy groups -OCH3 is 1. The number of pyridine rings is 1. The molecule has 0 amide bonds. The number of rotatable bonds is 5. The molecule has 0 aliphatic carbocycles. The summed E-state index contributed by atoms with van der Waals surface area (Å²) < 4.78 is 49.6. The van der Waals surface area contributed by atoms with Crippen LogP contribution in [0.25, 0.3) is 11.1 Å². The van der Waals surface area contributed by atoms with Crippen LogP contribution in [0, 0.1) is 18.3 Å². The predicted octanol–water partition coefficient (Wildman–Crippen LogP) is 4.83. The first-order valence-electron chi connectivity index (χ1n) is 8.84. The van der Waals surface area contributed by atoms with E-state index in [0.29, 0.717) is 33.9 Å².